The van der Waals surface area contributed by atoms with Crippen LogP contribution in [0.5, 0.6) is 5.88 Å². The number of carbonyl (C=O) groups excluding carboxylic acids is 1. The molecule has 0 radical (unpaired) electrons. The van der Waals surface area contributed by atoms with Crippen LogP contribution in [-0.2, 0) is 6.54 Å². The molecule has 1 aromatic heterocycles. The van der Waals surface area contributed by atoms with E-state index in [2.05, 4.69) is 26.2 Å². The second-order valence-corrected chi connectivity index (χ2v) is 5.53. The van der Waals surface area contributed by atoms with E-state index in [1.54, 1.807) is 30.5 Å². The van der Waals surface area contributed by atoms with Gasteiger partial charge in [0.1, 0.15) is 0 Å². The van der Waals surface area contributed by atoms with Crippen molar-refractivity contribution in [2.75, 3.05) is 6.61 Å². The van der Waals surface area contributed by atoms with Crippen LogP contribution in [0.1, 0.15) is 22.8 Å². The molecule has 1 heterocycles. The molecule has 1 amide bonds. The second-order valence-electron chi connectivity index (χ2n) is 4.24. The molecule has 0 aliphatic heterocycles. The number of amides is 1. The number of ether oxygens (including phenoxy) is 1. The Balaban J connectivity index is 2.04. The van der Waals surface area contributed by atoms with Crippen molar-refractivity contribution < 1.29 is 9.53 Å². The van der Waals surface area contributed by atoms with Gasteiger partial charge in [-0.1, -0.05) is 11.6 Å². The Hall–Kier alpha value is -1.59. The first-order chi connectivity index (χ1) is 10.1. The molecule has 2 aromatic rings. The monoisotopic (exact) mass is 368 g/mol. The van der Waals surface area contributed by atoms with E-state index in [4.69, 9.17) is 16.3 Å². The standard InChI is InChI=1S/C15H14BrClN2O2/c1-2-21-14-7-10(5-6-18-14)9-19-15(20)12-8-11(17)3-4-13(12)16/h3-8H,2,9H2,1H3,(H,19,20). The summed E-state index contributed by atoms with van der Waals surface area (Å²) in [4.78, 5) is 16.2. The Morgan fingerprint density at radius 3 is 2.95 bits per heavy atom. The van der Waals surface area contributed by atoms with Crippen LogP contribution in [0.3, 0.4) is 0 Å². The molecular weight excluding hydrogens is 356 g/mol. The van der Waals surface area contributed by atoms with Gasteiger partial charge in [0.15, 0.2) is 0 Å². The first-order valence-corrected chi connectivity index (χ1v) is 7.58. The van der Waals surface area contributed by atoms with Crippen molar-refractivity contribution >= 4 is 33.4 Å². The molecule has 0 aliphatic carbocycles. The predicted octanol–water partition coefficient (Wildman–Crippen LogP) is 3.83. The van der Waals surface area contributed by atoms with Gasteiger partial charge in [-0.2, -0.15) is 0 Å². The van der Waals surface area contributed by atoms with E-state index in [1.807, 2.05) is 13.0 Å². The number of rotatable bonds is 5. The summed E-state index contributed by atoms with van der Waals surface area (Å²) in [6, 6.07) is 8.72. The third kappa shape index (κ3) is 4.44. The zero-order valence-electron chi connectivity index (χ0n) is 11.4. The van der Waals surface area contributed by atoms with Gasteiger partial charge in [0, 0.05) is 28.3 Å². The quantitative estimate of drug-likeness (QED) is 0.871. The molecule has 0 saturated carbocycles. The first-order valence-electron chi connectivity index (χ1n) is 6.41. The summed E-state index contributed by atoms with van der Waals surface area (Å²) in [5.74, 6) is 0.354. The number of hydrogen-bond donors (Lipinski definition) is 1. The van der Waals surface area contributed by atoms with E-state index in [1.165, 1.54) is 0 Å². The maximum atomic E-state index is 12.2. The molecule has 0 spiro atoms. The van der Waals surface area contributed by atoms with Gasteiger partial charge in [0.25, 0.3) is 5.91 Å². The molecule has 110 valence electrons. The summed E-state index contributed by atoms with van der Waals surface area (Å²) in [6.07, 6.45) is 1.65. The van der Waals surface area contributed by atoms with Gasteiger partial charge >= 0.3 is 0 Å². The lowest BCUT2D eigenvalue weighted by molar-refractivity contribution is 0.0950. The van der Waals surface area contributed by atoms with Crippen LogP contribution >= 0.6 is 27.5 Å². The van der Waals surface area contributed by atoms with E-state index < -0.39 is 0 Å². The normalized spacial score (nSPS) is 10.2. The Labute approximate surface area is 136 Å². The molecule has 0 atom stereocenters. The molecule has 0 bridgehead atoms. The van der Waals surface area contributed by atoms with Gasteiger partial charge in [-0.05, 0) is 52.7 Å². The maximum absolute atomic E-state index is 12.2. The molecule has 0 unspecified atom stereocenters. The molecule has 21 heavy (non-hydrogen) atoms. The van der Waals surface area contributed by atoms with Gasteiger partial charge in [0.2, 0.25) is 5.88 Å². The second kappa shape index (κ2) is 7.43. The van der Waals surface area contributed by atoms with Gasteiger partial charge in [-0.25, -0.2) is 4.98 Å². The minimum atomic E-state index is -0.195. The van der Waals surface area contributed by atoms with Gasteiger partial charge in [-0.15, -0.1) is 0 Å². The zero-order valence-corrected chi connectivity index (χ0v) is 13.7. The highest BCUT2D eigenvalue weighted by Crippen LogP contribution is 2.21. The van der Waals surface area contributed by atoms with Gasteiger partial charge in [0.05, 0.1) is 12.2 Å². The molecule has 0 aliphatic rings. The van der Waals surface area contributed by atoms with E-state index in [-0.39, 0.29) is 5.91 Å². The number of hydrogen-bond acceptors (Lipinski definition) is 3. The average molecular weight is 370 g/mol. The van der Waals surface area contributed by atoms with E-state index in [9.17, 15) is 4.79 Å². The highest BCUT2D eigenvalue weighted by atomic mass is 79.9. The molecule has 6 heteroatoms. The smallest absolute Gasteiger partial charge is 0.252 e. The summed E-state index contributed by atoms with van der Waals surface area (Å²) >= 11 is 9.25. The van der Waals surface area contributed by atoms with Crippen molar-refractivity contribution in [3.05, 3.63) is 57.2 Å². The molecular formula is C15H14BrClN2O2. The van der Waals surface area contributed by atoms with Crippen LogP contribution in [0, 0.1) is 0 Å². The van der Waals surface area contributed by atoms with Crippen LogP contribution in [0.4, 0.5) is 0 Å². The van der Waals surface area contributed by atoms with E-state index in [0.29, 0.717) is 34.1 Å². The van der Waals surface area contributed by atoms with E-state index in [0.717, 1.165) is 5.56 Å². The fraction of sp³-hybridized carbons (Fsp3) is 0.200. The lowest BCUT2D eigenvalue weighted by Gasteiger charge is -2.08. The highest BCUT2D eigenvalue weighted by molar-refractivity contribution is 9.10. The number of pyridine rings is 1. The van der Waals surface area contributed by atoms with Crippen LogP contribution in [-0.4, -0.2) is 17.5 Å². The van der Waals surface area contributed by atoms with Crippen LogP contribution in [0.25, 0.3) is 0 Å². The van der Waals surface area contributed by atoms with Crippen molar-refractivity contribution in [2.24, 2.45) is 0 Å². The van der Waals surface area contributed by atoms with Crippen LogP contribution in [0.2, 0.25) is 5.02 Å². The minimum Gasteiger partial charge on any atom is -0.478 e. The third-order valence-electron chi connectivity index (χ3n) is 2.72. The number of benzene rings is 1. The number of halogens is 2. The van der Waals surface area contributed by atoms with E-state index >= 15 is 0 Å². The van der Waals surface area contributed by atoms with Crippen LogP contribution < -0.4 is 10.1 Å². The topological polar surface area (TPSA) is 51.2 Å². The molecule has 0 saturated heterocycles. The number of aromatic nitrogens is 1. The summed E-state index contributed by atoms with van der Waals surface area (Å²) < 4.78 is 6.03. The average Bonchev–Trinajstić information content (AvgIpc) is 2.48. The van der Waals surface area contributed by atoms with Crippen molar-refractivity contribution in [1.29, 1.82) is 0 Å². The number of carbonyl (C=O) groups is 1. The Morgan fingerprint density at radius 2 is 2.19 bits per heavy atom. The van der Waals surface area contributed by atoms with Crippen molar-refractivity contribution in [3.63, 3.8) is 0 Å². The maximum Gasteiger partial charge on any atom is 0.252 e. The summed E-state index contributed by atoms with van der Waals surface area (Å²) in [6.45, 7) is 2.84. The first kappa shape index (κ1) is 15.8. The summed E-state index contributed by atoms with van der Waals surface area (Å²) in [5, 5.41) is 3.36. The van der Waals surface area contributed by atoms with Gasteiger partial charge in [-0.3, -0.25) is 4.79 Å². The van der Waals surface area contributed by atoms with Gasteiger partial charge < -0.3 is 10.1 Å². The predicted molar refractivity (Wildman–Crippen MR) is 85.7 cm³/mol. The number of nitrogens with zero attached hydrogens (tertiary/aromatic N) is 1. The Bertz CT molecular complexity index is 649. The molecule has 1 aromatic carbocycles. The number of nitrogens with one attached hydrogen (secondary N) is 1. The van der Waals surface area contributed by atoms with Crippen molar-refractivity contribution in [1.82, 2.24) is 10.3 Å². The summed E-state index contributed by atoms with van der Waals surface area (Å²) in [7, 11) is 0. The van der Waals surface area contributed by atoms with Crippen LogP contribution in [0.15, 0.2) is 41.0 Å². The molecule has 2 rings (SSSR count). The fourth-order valence-corrected chi connectivity index (χ4v) is 2.34. The third-order valence-corrected chi connectivity index (χ3v) is 3.64. The molecule has 1 N–H and O–H groups in total. The highest BCUT2D eigenvalue weighted by Gasteiger charge is 2.10. The lowest BCUT2D eigenvalue weighted by Crippen LogP contribution is -2.23. The largest absolute Gasteiger partial charge is 0.478 e. The molecule has 0 fully saturated rings. The lowest BCUT2D eigenvalue weighted by atomic mass is 10.2. The molecule has 4 nitrogen and oxygen atoms in total. The minimum absolute atomic E-state index is 0.195. The summed E-state index contributed by atoms with van der Waals surface area (Å²) in [5.41, 5.74) is 1.42. The van der Waals surface area contributed by atoms with Crippen molar-refractivity contribution in [3.8, 4) is 5.88 Å². The fourth-order valence-electron chi connectivity index (χ4n) is 1.74. The Morgan fingerprint density at radius 1 is 1.38 bits per heavy atom. The Kier molecular flexibility index (Phi) is 5.59. The zero-order chi connectivity index (χ0) is 15.2. The van der Waals surface area contributed by atoms with Crippen molar-refractivity contribution in [2.45, 2.75) is 13.5 Å². The SMILES string of the molecule is CCOc1cc(CNC(=O)c2cc(Cl)ccc2Br)ccn1.